The third-order valence-electron chi connectivity index (χ3n) is 3.01. The molecule has 0 unspecified atom stereocenters. The first-order chi connectivity index (χ1) is 8.63. The second-order valence-corrected chi connectivity index (χ2v) is 4.78. The number of unbranched alkanes of at least 4 members (excludes halogenated alkanes) is 9. The summed E-state index contributed by atoms with van der Waals surface area (Å²) in [5, 5.41) is 20.3. The van der Waals surface area contributed by atoms with Gasteiger partial charge >= 0.3 is 59.1 Å². The van der Waals surface area contributed by atoms with Gasteiger partial charge in [-0.3, -0.25) is 0 Å². The van der Waals surface area contributed by atoms with Crippen molar-refractivity contribution in [3.8, 4) is 0 Å². The molecule has 0 amide bonds. The summed E-state index contributed by atoms with van der Waals surface area (Å²) in [7, 11) is 0. The van der Waals surface area contributed by atoms with E-state index in [0.29, 0.717) is 0 Å². The SMILES string of the molecule is O=C([O-])CCCCCCCCCCCCC(=O)[O-].[Na+].[Na+]. The molecule has 0 aliphatic heterocycles. The van der Waals surface area contributed by atoms with Crippen LogP contribution in [-0.4, -0.2) is 11.9 Å². The third-order valence-corrected chi connectivity index (χ3v) is 3.01. The molecule has 0 saturated heterocycles. The smallest absolute Gasteiger partial charge is 0.550 e. The van der Waals surface area contributed by atoms with E-state index >= 15 is 0 Å². The summed E-state index contributed by atoms with van der Waals surface area (Å²) >= 11 is 0. The van der Waals surface area contributed by atoms with Crippen LogP contribution in [0.2, 0.25) is 0 Å². The minimum atomic E-state index is -0.952. The van der Waals surface area contributed by atoms with E-state index in [-0.39, 0.29) is 72.0 Å². The average molecular weight is 302 g/mol. The molecular weight excluding hydrogens is 278 g/mol. The molecule has 0 rings (SSSR count). The monoisotopic (exact) mass is 302 g/mol. The molecule has 4 nitrogen and oxygen atoms in total. The van der Waals surface area contributed by atoms with Crippen LogP contribution in [0.15, 0.2) is 0 Å². The molecule has 0 saturated carbocycles. The topological polar surface area (TPSA) is 80.3 Å². The zero-order chi connectivity index (χ0) is 13.6. The van der Waals surface area contributed by atoms with E-state index in [0.717, 1.165) is 51.4 Å². The Morgan fingerprint density at radius 3 is 0.900 bits per heavy atom. The van der Waals surface area contributed by atoms with E-state index in [1.54, 1.807) is 0 Å². The molecule has 0 aromatic carbocycles. The molecule has 20 heavy (non-hydrogen) atoms. The second kappa shape index (κ2) is 19.9. The van der Waals surface area contributed by atoms with Crippen molar-refractivity contribution in [2.45, 2.75) is 77.0 Å². The number of carbonyl (C=O) groups is 2. The normalized spacial score (nSPS) is 9.40. The number of carboxylic acids is 2. The van der Waals surface area contributed by atoms with Gasteiger partial charge in [-0.05, 0) is 25.7 Å². The van der Waals surface area contributed by atoms with Gasteiger partial charge in [0.15, 0.2) is 0 Å². The van der Waals surface area contributed by atoms with Gasteiger partial charge in [0, 0.05) is 11.9 Å². The second-order valence-electron chi connectivity index (χ2n) is 4.78. The van der Waals surface area contributed by atoms with Gasteiger partial charge in [-0.15, -0.1) is 0 Å². The Labute approximate surface area is 166 Å². The first kappa shape index (κ1) is 25.9. The van der Waals surface area contributed by atoms with Gasteiger partial charge in [0.05, 0.1) is 0 Å². The number of carboxylic acid groups (broad SMARTS) is 2. The maximum Gasteiger partial charge on any atom is 1.00 e. The van der Waals surface area contributed by atoms with E-state index < -0.39 is 11.9 Å². The predicted molar refractivity (Wildman–Crippen MR) is 65.4 cm³/mol. The Kier molecular flexibility index (Phi) is 25.8. The van der Waals surface area contributed by atoms with Gasteiger partial charge in [-0.2, -0.15) is 0 Å². The minimum Gasteiger partial charge on any atom is -0.550 e. The Bertz CT molecular complexity index is 211. The summed E-state index contributed by atoms with van der Waals surface area (Å²) in [5.41, 5.74) is 0. The van der Waals surface area contributed by atoms with E-state index in [4.69, 9.17) is 0 Å². The van der Waals surface area contributed by atoms with E-state index in [9.17, 15) is 19.8 Å². The predicted octanol–water partition coefficient (Wildman–Crippen LogP) is -4.82. The van der Waals surface area contributed by atoms with Crippen LogP contribution in [0.4, 0.5) is 0 Å². The van der Waals surface area contributed by atoms with Gasteiger partial charge in [-0.1, -0.05) is 51.4 Å². The number of hydrogen-bond donors (Lipinski definition) is 0. The van der Waals surface area contributed by atoms with Crippen molar-refractivity contribution in [3.05, 3.63) is 0 Å². The van der Waals surface area contributed by atoms with Crippen molar-refractivity contribution in [1.29, 1.82) is 0 Å². The van der Waals surface area contributed by atoms with E-state index in [2.05, 4.69) is 0 Å². The van der Waals surface area contributed by atoms with Crippen molar-refractivity contribution < 1.29 is 78.9 Å². The molecule has 0 aromatic heterocycles. The standard InChI is InChI=1S/C14H26O4.2Na/c15-13(16)11-9-7-5-3-1-2-4-6-8-10-12-14(17)18;;/h1-12H2,(H,15,16)(H,17,18);;/q;2*+1/p-2. The van der Waals surface area contributed by atoms with Gasteiger partial charge in [0.2, 0.25) is 0 Å². The maximum absolute atomic E-state index is 10.2. The number of rotatable bonds is 13. The Morgan fingerprint density at radius 1 is 0.500 bits per heavy atom. The Balaban J connectivity index is -0.00000144. The maximum atomic E-state index is 10.2. The molecule has 106 valence electrons. The first-order valence-corrected chi connectivity index (χ1v) is 7.02. The fourth-order valence-corrected chi connectivity index (χ4v) is 1.95. The minimum absolute atomic E-state index is 0. The largest absolute Gasteiger partial charge is 1.00 e. The van der Waals surface area contributed by atoms with Gasteiger partial charge in [0.25, 0.3) is 0 Å². The van der Waals surface area contributed by atoms with Crippen molar-refractivity contribution in [2.24, 2.45) is 0 Å². The molecule has 0 N–H and O–H groups in total. The molecule has 0 fully saturated rings. The zero-order valence-electron chi connectivity index (χ0n) is 13.1. The van der Waals surface area contributed by atoms with Crippen molar-refractivity contribution in [3.63, 3.8) is 0 Å². The fourth-order valence-electron chi connectivity index (χ4n) is 1.95. The van der Waals surface area contributed by atoms with E-state index in [1.165, 1.54) is 12.8 Å². The zero-order valence-corrected chi connectivity index (χ0v) is 17.1. The van der Waals surface area contributed by atoms with Crippen LogP contribution in [0.5, 0.6) is 0 Å². The van der Waals surface area contributed by atoms with Gasteiger partial charge < -0.3 is 19.8 Å². The molecule has 0 aliphatic rings. The number of aliphatic carboxylic acids is 2. The summed E-state index contributed by atoms with van der Waals surface area (Å²) in [6, 6.07) is 0. The van der Waals surface area contributed by atoms with Crippen molar-refractivity contribution in [1.82, 2.24) is 0 Å². The molecule has 0 spiro atoms. The summed E-state index contributed by atoms with van der Waals surface area (Å²) < 4.78 is 0. The molecule has 0 heterocycles. The van der Waals surface area contributed by atoms with Gasteiger partial charge in [0.1, 0.15) is 0 Å². The molecule has 0 radical (unpaired) electrons. The molecule has 0 bridgehead atoms. The summed E-state index contributed by atoms with van der Waals surface area (Å²) in [5.74, 6) is -1.90. The Morgan fingerprint density at radius 2 is 0.700 bits per heavy atom. The number of hydrogen-bond acceptors (Lipinski definition) is 4. The molecule has 6 heteroatoms. The fraction of sp³-hybridized carbons (Fsp3) is 0.857. The third kappa shape index (κ3) is 24.0. The van der Waals surface area contributed by atoms with Crippen molar-refractivity contribution >= 4 is 11.9 Å². The van der Waals surface area contributed by atoms with Crippen molar-refractivity contribution in [2.75, 3.05) is 0 Å². The summed E-state index contributed by atoms with van der Waals surface area (Å²) in [4.78, 5) is 20.3. The molecule has 0 aromatic rings. The van der Waals surface area contributed by atoms with Crippen LogP contribution in [0.3, 0.4) is 0 Å². The van der Waals surface area contributed by atoms with Gasteiger partial charge in [-0.25, -0.2) is 0 Å². The van der Waals surface area contributed by atoms with Crippen LogP contribution >= 0.6 is 0 Å². The summed E-state index contributed by atoms with van der Waals surface area (Å²) in [6.07, 6.45) is 10.6. The average Bonchev–Trinajstić information content (AvgIpc) is 2.29. The van der Waals surface area contributed by atoms with E-state index in [1.807, 2.05) is 0 Å². The van der Waals surface area contributed by atoms with Crippen LogP contribution in [-0.2, 0) is 9.59 Å². The van der Waals surface area contributed by atoms with Crippen LogP contribution in [0.1, 0.15) is 77.0 Å². The molecule has 0 aliphatic carbocycles. The summed E-state index contributed by atoms with van der Waals surface area (Å²) in [6.45, 7) is 0. The first-order valence-electron chi connectivity index (χ1n) is 7.02. The Hall–Kier alpha value is 0.940. The molecule has 0 atom stereocenters. The van der Waals surface area contributed by atoms with Crippen LogP contribution in [0, 0.1) is 0 Å². The van der Waals surface area contributed by atoms with Crippen LogP contribution < -0.4 is 69.3 Å². The number of carbonyl (C=O) groups excluding carboxylic acids is 2. The quantitative estimate of drug-likeness (QED) is 0.252. The molecular formula is C14H24Na2O4. The van der Waals surface area contributed by atoms with Crippen LogP contribution in [0.25, 0.3) is 0 Å².